The Balaban J connectivity index is 1.65. The lowest BCUT2D eigenvalue weighted by Crippen LogP contribution is -2.42. The standard InChI is InChI=1S/C27H25N3O2/c1-27(2)22-11-7-8-12-23(22)29(3)24(27)14-13-20-17-21(18-28)26(32)30(25(20)31)16-15-19-9-5-4-6-10-19/h4-14,17H,15-16H2,1-3H3. The molecule has 0 N–H and O–H groups in total. The summed E-state index contributed by atoms with van der Waals surface area (Å²) >= 11 is 0. The average Bonchev–Trinajstić information content (AvgIpc) is 2.99. The van der Waals surface area contributed by atoms with E-state index in [1.165, 1.54) is 16.5 Å². The maximum Gasteiger partial charge on any atom is 0.271 e. The number of hydrogen-bond acceptors (Lipinski definition) is 4. The van der Waals surface area contributed by atoms with Crippen LogP contribution in [0.2, 0.25) is 0 Å². The number of amides is 2. The van der Waals surface area contributed by atoms with Crippen molar-refractivity contribution in [3.63, 3.8) is 0 Å². The van der Waals surface area contributed by atoms with Gasteiger partial charge < -0.3 is 4.90 Å². The fourth-order valence-electron chi connectivity index (χ4n) is 4.43. The molecule has 160 valence electrons. The predicted molar refractivity (Wildman–Crippen MR) is 125 cm³/mol. The van der Waals surface area contributed by atoms with Gasteiger partial charge in [0.1, 0.15) is 11.6 Å². The maximum atomic E-state index is 13.1. The lowest BCUT2D eigenvalue weighted by molar-refractivity contribution is -0.140. The number of allylic oxidation sites excluding steroid dienone is 3. The van der Waals surface area contributed by atoms with Crippen molar-refractivity contribution < 1.29 is 9.59 Å². The summed E-state index contributed by atoms with van der Waals surface area (Å²) in [5, 5.41) is 9.46. The Morgan fingerprint density at radius 3 is 2.34 bits per heavy atom. The highest BCUT2D eigenvalue weighted by Crippen LogP contribution is 2.46. The second-order valence-electron chi connectivity index (χ2n) is 8.54. The van der Waals surface area contributed by atoms with Gasteiger partial charge in [-0.3, -0.25) is 14.5 Å². The van der Waals surface area contributed by atoms with Crippen LogP contribution in [-0.2, 0) is 21.4 Å². The Hall–Kier alpha value is -3.91. The van der Waals surface area contributed by atoms with E-state index in [2.05, 4.69) is 30.9 Å². The van der Waals surface area contributed by atoms with Gasteiger partial charge in [0.25, 0.3) is 11.8 Å². The molecule has 0 saturated heterocycles. The van der Waals surface area contributed by atoms with E-state index in [1.807, 2.05) is 61.7 Å². The molecule has 0 unspecified atom stereocenters. The fourth-order valence-corrected chi connectivity index (χ4v) is 4.43. The van der Waals surface area contributed by atoms with E-state index in [4.69, 9.17) is 0 Å². The third-order valence-electron chi connectivity index (χ3n) is 6.22. The molecule has 0 fully saturated rings. The van der Waals surface area contributed by atoms with Crippen molar-refractivity contribution >= 4 is 17.5 Å². The van der Waals surface area contributed by atoms with Crippen molar-refractivity contribution in [1.82, 2.24) is 4.90 Å². The zero-order chi connectivity index (χ0) is 22.9. The van der Waals surface area contributed by atoms with Gasteiger partial charge in [0, 0.05) is 36.0 Å². The van der Waals surface area contributed by atoms with Crippen LogP contribution in [0.3, 0.4) is 0 Å². The van der Waals surface area contributed by atoms with Gasteiger partial charge >= 0.3 is 0 Å². The molecule has 0 aliphatic carbocycles. The zero-order valence-corrected chi connectivity index (χ0v) is 18.5. The van der Waals surface area contributed by atoms with E-state index < -0.39 is 5.91 Å². The third kappa shape index (κ3) is 3.65. The van der Waals surface area contributed by atoms with Crippen LogP contribution in [0.25, 0.3) is 0 Å². The minimum absolute atomic E-state index is 0.0235. The first kappa shape index (κ1) is 21.3. The number of benzene rings is 2. The highest BCUT2D eigenvalue weighted by atomic mass is 16.2. The molecule has 0 saturated carbocycles. The summed E-state index contributed by atoms with van der Waals surface area (Å²) in [6.45, 7) is 4.52. The van der Waals surface area contributed by atoms with Gasteiger partial charge in [-0.1, -0.05) is 62.4 Å². The van der Waals surface area contributed by atoms with Crippen LogP contribution in [0.1, 0.15) is 25.0 Å². The van der Waals surface area contributed by atoms with Crippen LogP contribution in [-0.4, -0.2) is 30.3 Å². The summed E-state index contributed by atoms with van der Waals surface area (Å²) in [6, 6.07) is 19.8. The highest BCUT2D eigenvalue weighted by Gasteiger charge is 2.38. The smallest absolute Gasteiger partial charge is 0.271 e. The van der Waals surface area contributed by atoms with Gasteiger partial charge in [-0.05, 0) is 41.8 Å². The molecule has 0 spiro atoms. The van der Waals surface area contributed by atoms with Crippen molar-refractivity contribution in [2.75, 3.05) is 18.5 Å². The Morgan fingerprint density at radius 1 is 0.969 bits per heavy atom. The predicted octanol–water partition coefficient (Wildman–Crippen LogP) is 4.29. The molecule has 5 nitrogen and oxygen atoms in total. The number of carbonyl (C=O) groups excluding carboxylic acids is 2. The Bertz CT molecular complexity index is 1210. The lowest BCUT2D eigenvalue weighted by atomic mass is 9.83. The molecule has 0 bridgehead atoms. The summed E-state index contributed by atoms with van der Waals surface area (Å²) in [7, 11) is 2.01. The number of likely N-dealkylation sites (N-methyl/N-ethyl adjacent to an activating group) is 1. The summed E-state index contributed by atoms with van der Waals surface area (Å²) in [6.07, 6.45) is 5.58. The number of rotatable bonds is 4. The molecule has 2 aliphatic heterocycles. The molecule has 2 aliphatic rings. The molecule has 2 heterocycles. The fraction of sp³-hybridized carbons (Fsp3) is 0.222. The number of hydrogen-bond donors (Lipinski definition) is 0. The van der Waals surface area contributed by atoms with E-state index in [-0.39, 0.29) is 23.4 Å². The summed E-state index contributed by atoms with van der Waals surface area (Å²) in [5.74, 6) is -0.915. The molecule has 0 aromatic heterocycles. The third-order valence-corrected chi connectivity index (χ3v) is 6.22. The van der Waals surface area contributed by atoms with Crippen LogP contribution in [0.5, 0.6) is 0 Å². The van der Waals surface area contributed by atoms with Crippen LogP contribution in [0.15, 0.2) is 89.7 Å². The summed E-state index contributed by atoms with van der Waals surface area (Å²) < 4.78 is 0. The molecule has 0 radical (unpaired) electrons. The molecule has 4 rings (SSSR count). The topological polar surface area (TPSA) is 64.4 Å². The van der Waals surface area contributed by atoms with Crippen molar-refractivity contribution in [3.05, 3.63) is 101 Å². The zero-order valence-electron chi connectivity index (χ0n) is 18.5. The molecule has 2 aromatic carbocycles. The first-order chi connectivity index (χ1) is 15.3. The SMILES string of the molecule is CN1C(=CC=C2C=C(C#N)C(=O)N(CCc3ccccc3)C2=O)C(C)(C)c2ccccc21. The monoisotopic (exact) mass is 423 g/mol. The molecule has 2 aromatic rings. The number of imide groups is 1. The molecular formula is C27H25N3O2. The minimum atomic E-state index is -0.538. The summed E-state index contributed by atoms with van der Waals surface area (Å²) in [4.78, 5) is 29.1. The maximum absolute atomic E-state index is 13.1. The molecule has 32 heavy (non-hydrogen) atoms. The van der Waals surface area contributed by atoms with Gasteiger partial charge in [-0.2, -0.15) is 5.26 Å². The van der Waals surface area contributed by atoms with Crippen LogP contribution < -0.4 is 4.90 Å². The largest absolute Gasteiger partial charge is 0.347 e. The Kier molecular flexibility index (Phi) is 5.54. The van der Waals surface area contributed by atoms with Crippen LogP contribution >= 0.6 is 0 Å². The van der Waals surface area contributed by atoms with E-state index in [0.717, 1.165) is 16.9 Å². The Labute approximate surface area is 188 Å². The molecular weight excluding hydrogens is 398 g/mol. The molecule has 5 heteroatoms. The first-order valence-corrected chi connectivity index (χ1v) is 10.6. The number of nitrogens with zero attached hydrogens (tertiary/aromatic N) is 3. The lowest BCUT2D eigenvalue weighted by Gasteiger charge is -2.26. The van der Waals surface area contributed by atoms with Crippen molar-refractivity contribution in [1.29, 1.82) is 5.26 Å². The van der Waals surface area contributed by atoms with Crippen molar-refractivity contribution in [3.8, 4) is 6.07 Å². The van der Waals surface area contributed by atoms with E-state index >= 15 is 0 Å². The molecule has 0 atom stereocenters. The number of para-hydroxylation sites is 1. The quantitative estimate of drug-likeness (QED) is 0.544. The Morgan fingerprint density at radius 2 is 1.66 bits per heavy atom. The van der Waals surface area contributed by atoms with E-state index in [9.17, 15) is 14.9 Å². The van der Waals surface area contributed by atoms with Gasteiger partial charge in [0.2, 0.25) is 0 Å². The average molecular weight is 424 g/mol. The minimum Gasteiger partial charge on any atom is -0.347 e. The van der Waals surface area contributed by atoms with Gasteiger partial charge in [-0.25, -0.2) is 0 Å². The van der Waals surface area contributed by atoms with Crippen LogP contribution in [0.4, 0.5) is 5.69 Å². The highest BCUT2D eigenvalue weighted by molar-refractivity contribution is 6.16. The summed E-state index contributed by atoms with van der Waals surface area (Å²) in [5.41, 5.74) is 4.50. The van der Waals surface area contributed by atoms with Gasteiger partial charge in [0.15, 0.2) is 0 Å². The van der Waals surface area contributed by atoms with Crippen LogP contribution in [0, 0.1) is 11.3 Å². The normalized spacial score (nSPS) is 19.9. The second-order valence-corrected chi connectivity index (χ2v) is 8.54. The van der Waals surface area contributed by atoms with E-state index in [1.54, 1.807) is 6.08 Å². The first-order valence-electron chi connectivity index (χ1n) is 10.6. The van der Waals surface area contributed by atoms with E-state index in [0.29, 0.717) is 12.0 Å². The molecule has 2 amide bonds. The number of anilines is 1. The van der Waals surface area contributed by atoms with Crippen molar-refractivity contribution in [2.24, 2.45) is 0 Å². The van der Waals surface area contributed by atoms with Gasteiger partial charge in [0.05, 0.1) is 0 Å². The second kappa shape index (κ2) is 8.32. The number of fused-ring (bicyclic) bond motifs is 1. The van der Waals surface area contributed by atoms with Gasteiger partial charge in [-0.15, -0.1) is 0 Å². The number of carbonyl (C=O) groups is 2. The van der Waals surface area contributed by atoms with Crippen molar-refractivity contribution in [2.45, 2.75) is 25.7 Å². The number of nitriles is 1.